The molecule has 128 valence electrons. The summed E-state index contributed by atoms with van der Waals surface area (Å²) in [5, 5.41) is 0.693. The van der Waals surface area contributed by atoms with Gasteiger partial charge in [-0.05, 0) is 30.9 Å². The van der Waals surface area contributed by atoms with Crippen LogP contribution >= 0.6 is 11.3 Å². The molecule has 1 saturated carbocycles. The lowest BCUT2D eigenvalue weighted by molar-refractivity contribution is 0.0404. The van der Waals surface area contributed by atoms with Crippen LogP contribution in [-0.4, -0.2) is 27.5 Å². The van der Waals surface area contributed by atoms with Crippen LogP contribution in [0.15, 0.2) is 36.7 Å². The topological polar surface area (TPSA) is 65.0 Å². The number of nitrogens with zero attached hydrogens (tertiary/aromatic N) is 3. The molecular formula is C19H19N3O2S. The molecule has 1 aliphatic carbocycles. The van der Waals surface area contributed by atoms with E-state index in [0.29, 0.717) is 23.2 Å². The molecule has 5 nitrogen and oxygen atoms in total. The molecule has 1 fully saturated rings. The molecule has 0 saturated heterocycles. The maximum Gasteiger partial charge on any atom is 0.359 e. The van der Waals surface area contributed by atoms with Crippen molar-refractivity contribution in [2.45, 2.75) is 32.1 Å². The van der Waals surface area contributed by atoms with Crippen molar-refractivity contribution in [3.8, 4) is 10.7 Å². The second-order valence-electron chi connectivity index (χ2n) is 6.34. The Morgan fingerprint density at radius 3 is 2.76 bits per heavy atom. The largest absolute Gasteiger partial charge is 0.461 e. The fourth-order valence-corrected chi connectivity index (χ4v) is 4.20. The van der Waals surface area contributed by atoms with Crippen LogP contribution in [0.3, 0.4) is 0 Å². The monoisotopic (exact) mass is 353 g/mol. The van der Waals surface area contributed by atoms with Crippen LogP contribution in [0.4, 0.5) is 0 Å². The summed E-state index contributed by atoms with van der Waals surface area (Å²) in [5.41, 5.74) is 1.64. The number of ether oxygens (including phenoxy) is 1. The van der Waals surface area contributed by atoms with E-state index in [1.165, 1.54) is 36.8 Å². The van der Waals surface area contributed by atoms with Gasteiger partial charge in [0, 0.05) is 12.4 Å². The second kappa shape index (κ2) is 7.27. The number of thiazole rings is 1. The smallest absolute Gasteiger partial charge is 0.359 e. The summed E-state index contributed by atoms with van der Waals surface area (Å²) in [7, 11) is 0. The van der Waals surface area contributed by atoms with Gasteiger partial charge in [-0.3, -0.25) is 0 Å². The lowest BCUT2D eigenvalue weighted by atomic mass is 9.90. The van der Waals surface area contributed by atoms with Gasteiger partial charge in [0.15, 0.2) is 5.69 Å². The van der Waals surface area contributed by atoms with Crippen LogP contribution in [0.2, 0.25) is 0 Å². The lowest BCUT2D eigenvalue weighted by Gasteiger charge is -2.21. The summed E-state index contributed by atoms with van der Waals surface area (Å²) in [6, 6.07) is 7.88. The van der Waals surface area contributed by atoms with Gasteiger partial charge in [-0.2, -0.15) is 0 Å². The third-order valence-electron chi connectivity index (χ3n) is 4.56. The molecule has 25 heavy (non-hydrogen) atoms. The molecule has 0 aliphatic heterocycles. The van der Waals surface area contributed by atoms with Crippen LogP contribution in [0.25, 0.3) is 20.9 Å². The average molecular weight is 353 g/mol. The van der Waals surface area contributed by atoms with Crippen molar-refractivity contribution in [2.75, 3.05) is 6.61 Å². The maximum absolute atomic E-state index is 12.5. The number of fused-ring (bicyclic) bond motifs is 1. The first-order valence-electron chi connectivity index (χ1n) is 8.65. The van der Waals surface area contributed by atoms with E-state index in [0.717, 1.165) is 23.1 Å². The summed E-state index contributed by atoms with van der Waals surface area (Å²) in [4.78, 5) is 25.7. The number of benzene rings is 1. The first-order valence-corrected chi connectivity index (χ1v) is 9.47. The van der Waals surface area contributed by atoms with E-state index in [1.54, 1.807) is 6.20 Å². The lowest BCUT2D eigenvalue weighted by Crippen LogP contribution is -2.18. The predicted molar refractivity (Wildman–Crippen MR) is 97.5 cm³/mol. The van der Waals surface area contributed by atoms with Crippen LogP contribution in [0, 0.1) is 5.92 Å². The highest BCUT2D eigenvalue weighted by molar-refractivity contribution is 7.21. The van der Waals surface area contributed by atoms with Crippen LogP contribution in [0.1, 0.15) is 42.6 Å². The van der Waals surface area contributed by atoms with E-state index in [1.807, 2.05) is 24.3 Å². The van der Waals surface area contributed by atoms with Crippen molar-refractivity contribution in [1.82, 2.24) is 15.0 Å². The number of para-hydroxylation sites is 1. The first kappa shape index (κ1) is 16.1. The van der Waals surface area contributed by atoms with Crippen LogP contribution in [0.5, 0.6) is 0 Å². The summed E-state index contributed by atoms with van der Waals surface area (Å²) in [6.07, 6.45) is 9.12. The molecule has 2 aromatic heterocycles. The quantitative estimate of drug-likeness (QED) is 0.647. The van der Waals surface area contributed by atoms with E-state index >= 15 is 0 Å². The SMILES string of the molecule is O=C(OCC1CCCCC1)c1nccnc1-c1nc2ccccc2s1. The highest BCUT2D eigenvalue weighted by Crippen LogP contribution is 2.30. The minimum absolute atomic E-state index is 0.248. The van der Waals surface area contributed by atoms with Gasteiger partial charge in [0.2, 0.25) is 0 Å². The van der Waals surface area contributed by atoms with Crippen molar-refractivity contribution in [2.24, 2.45) is 5.92 Å². The molecule has 0 unspecified atom stereocenters. The van der Waals surface area contributed by atoms with E-state index in [-0.39, 0.29) is 5.69 Å². The van der Waals surface area contributed by atoms with Crippen molar-refractivity contribution in [3.63, 3.8) is 0 Å². The number of aromatic nitrogens is 3. The van der Waals surface area contributed by atoms with E-state index in [4.69, 9.17) is 4.74 Å². The first-order chi connectivity index (χ1) is 12.3. The second-order valence-corrected chi connectivity index (χ2v) is 7.37. The number of carbonyl (C=O) groups excluding carboxylic acids is 1. The molecule has 0 radical (unpaired) electrons. The van der Waals surface area contributed by atoms with Crippen molar-refractivity contribution >= 4 is 27.5 Å². The standard InChI is InChI=1S/C19H19N3O2S/c23-19(24-12-13-6-2-1-3-7-13)17-16(20-10-11-21-17)18-22-14-8-4-5-9-15(14)25-18/h4-5,8-11,13H,1-3,6-7,12H2. The molecule has 0 amide bonds. The summed E-state index contributed by atoms with van der Waals surface area (Å²) in [5.74, 6) is 0.0631. The molecular weight excluding hydrogens is 334 g/mol. The van der Waals surface area contributed by atoms with Crippen molar-refractivity contribution < 1.29 is 9.53 Å². The molecule has 1 aliphatic rings. The molecule has 0 atom stereocenters. The maximum atomic E-state index is 12.5. The normalized spacial score (nSPS) is 15.4. The number of esters is 1. The summed E-state index contributed by atoms with van der Waals surface area (Å²) in [6.45, 7) is 0.467. The molecule has 0 bridgehead atoms. The number of hydrogen-bond donors (Lipinski definition) is 0. The Morgan fingerprint density at radius 2 is 1.92 bits per heavy atom. The fraction of sp³-hybridized carbons (Fsp3) is 0.368. The summed E-state index contributed by atoms with van der Waals surface area (Å²) >= 11 is 1.51. The summed E-state index contributed by atoms with van der Waals surface area (Å²) < 4.78 is 6.60. The van der Waals surface area contributed by atoms with Gasteiger partial charge in [0.25, 0.3) is 0 Å². The number of carbonyl (C=O) groups is 1. The van der Waals surface area contributed by atoms with Gasteiger partial charge >= 0.3 is 5.97 Å². The van der Waals surface area contributed by atoms with E-state index in [9.17, 15) is 4.79 Å². The van der Waals surface area contributed by atoms with Crippen LogP contribution < -0.4 is 0 Å². The van der Waals surface area contributed by atoms with Gasteiger partial charge in [-0.15, -0.1) is 11.3 Å². The zero-order chi connectivity index (χ0) is 17.1. The Morgan fingerprint density at radius 1 is 1.12 bits per heavy atom. The van der Waals surface area contributed by atoms with Gasteiger partial charge in [-0.1, -0.05) is 31.4 Å². The van der Waals surface area contributed by atoms with Crippen LogP contribution in [-0.2, 0) is 4.74 Å². The highest BCUT2D eigenvalue weighted by Gasteiger charge is 2.22. The van der Waals surface area contributed by atoms with Gasteiger partial charge < -0.3 is 4.74 Å². The third kappa shape index (κ3) is 3.54. The van der Waals surface area contributed by atoms with E-state index < -0.39 is 5.97 Å². The Bertz CT molecular complexity index is 854. The third-order valence-corrected chi connectivity index (χ3v) is 5.61. The predicted octanol–water partition coefficient (Wildman–Crippen LogP) is 4.49. The molecule has 3 aromatic rings. The Balaban J connectivity index is 1.56. The van der Waals surface area contributed by atoms with Gasteiger partial charge in [-0.25, -0.2) is 19.7 Å². The Kier molecular flexibility index (Phi) is 4.70. The number of rotatable bonds is 4. The molecule has 0 spiro atoms. The Hall–Kier alpha value is -2.34. The highest BCUT2D eigenvalue weighted by atomic mass is 32.1. The minimum Gasteiger partial charge on any atom is -0.461 e. The zero-order valence-corrected chi connectivity index (χ0v) is 14.7. The van der Waals surface area contributed by atoms with Crippen molar-refractivity contribution in [3.05, 3.63) is 42.4 Å². The molecule has 6 heteroatoms. The minimum atomic E-state index is -0.409. The molecule has 2 heterocycles. The Labute approximate surface area is 150 Å². The van der Waals surface area contributed by atoms with Gasteiger partial charge in [0.1, 0.15) is 10.7 Å². The molecule has 0 N–H and O–H groups in total. The fourth-order valence-electron chi connectivity index (χ4n) is 3.23. The van der Waals surface area contributed by atoms with Crippen molar-refractivity contribution in [1.29, 1.82) is 0 Å². The number of hydrogen-bond acceptors (Lipinski definition) is 6. The van der Waals surface area contributed by atoms with Gasteiger partial charge in [0.05, 0.1) is 16.8 Å². The molecule has 4 rings (SSSR count). The zero-order valence-electron chi connectivity index (χ0n) is 13.9. The average Bonchev–Trinajstić information content (AvgIpc) is 3.11. The molecule has 1 aromatic carbocycles. The van der Waals surface area contributed by atoms with E-state index in [2.05, 4.69) is 15.0 Å².